The Morgan fingerprint density at radius 2 is 2.00 bits per heavy atom. The third kappa shape index (κ3) is 3.56. The molecule has 1 fully saturated rings. The van der Waals surface area contributed by atoms with Crippen LogP contribution < -0.4 is 0 Å². The Kier molecular flexibility index (Phi) is 4.88. The molecule has 0 aliphatic carbocycles. The summed E-state index contributed by atoms with van der Waals surface area (Å²) < 4.78 is 0. The second-order valence-corrected chi connectivity index (χ2v) is 6.24. The van der Waals surface area contributed by atoms with Crippen molar-refractivity contribution < 1.29 is 15.0 Å². The van der Waals surface area contributed by atoms with Gasteiger partial charge in [-0.1, -0.05) is 31.0 Å². The van der Waals surface area contributed by atoms with Crippen molar-refractivity contribution >= 4 is 5.97 Å². The molecule has 2 N–H and O–H groups in total. The van der Waals surface area contributed by atoms with Crippen molar-refractivity contribution in [3.63, 3.8) is 0 Å². The molecule has 0 saturated carbocycles. The summed E-state index contributed by atoms with van der Waals surface area (Å²) in [6, 6.07) is 5.62. The first kappa shape index (κ1) is 15.8. The summed E-state index contributed by atoms with van der Waals surface area (Å²) in [5.74, 6) is -0.327. The van der Waals surface area contributed by atoms with Gasteiger partial charge in [-0.2, -0.15) is 0 Å². The minimum absolute atomic E-state index is 0.323. The number of piperidine rings is 1. The van der Waals surface area contributed by atoms with Gasteiger partial charge in [0.05, 0.1) is 5.41 Å². The molecule has 2 rings (SSSR count). The van der Waals surface area contributed by atoms with Gasteiger partial charge >= 0.3 is 5.97 Å². The molecular weight excluding hydrogens is 266 g/mol. The second kappa shape index (κ2) is 6.48. The molecule has 0 unspecified atom stereocenters. The molecule has 4 nitrogen and oxygen atoms in total. The van der Waals surface area contributed by atoms with E-state index in [9.17, 15) is 15.0 Å². The van der Waals surface area contributed by atoms with Crippen molar-refractivity contribution in [3.8, 4) is 5.75 Å². The number of benzene rings is 1. The summed E-state index contributed by atoms with van der Waals surface area (Å²) in [6.07, 6.45) is 3.06. The maximum Gasteiger partial charge on any atom is 0.309 e. The summed E-state index contributed by atoms with van der Waals surface area (Å²) in [7, 11) is 0. The van der Waals surface area contributed by atoms with Crippen LogP contribution in [0.25, 0.3) is 0 Å². The van der Waals surface area contributed by atoms with Crippen molar-refractivity contribution in [2.45, 2.75) is 46.1 Å². The highest BCUT2D eigenvalue weighted by atomic mass is 16.4. The Balaban J connectivity index is 2.00. The van der Waals surface area contributed by atoms with Gasteiger partial charge in [0.2, 0.25) is 0 Å². The number of carboxylic acids is 1. The van der Waals surface area contributed by atoms with Crippen LogP contribution in [-0.2, 0) is 11.3 Å². The lowest BCUT2D eigenvalue weighted by molar-refractivity contribution is -0.152. The number of carboxylic acid groups (broad SMARTS) is 1. The fraction of sp³-hybridized carbons (Fsp3) is 0.588. The number of nitrogens with zero attached hydrogens (tertiary/aromatic N) is 1. The molecule has 1 aliphatic heterocycles. The summed E-state index contributed by atoms with van der Waals surface area (Å²) in [6.45, 7) is 6.30. The monoisotopic (exact) mass is 291 g/mol. The maximum atomic E-state index is 11.6. The van der Waals surface area contributed by atoms with E-state index >= 15 is 0 Å². The molecule has 0 aromatic heterocycles. The molecule has 4 heteroatoms. The Bertz CT molecular complexity index is 505. The fourth-order valence-corrected chi connectivity index (χ4v) is 3.27. The minimum Gasteiger partial charge on any atom is -0.508 e. The van der Waals surface area contributed by atoms with Crippen LogP contribution in [0.5, 0.6) is 5.75 Å². The first-order chi connectivity index (χ1) is 9.97. The van der Waals surface area contributed by atoms with Gasteiger partial charge in [-0.3, -0.25) is 9.69 Å². The van der Waals surface area contributed by atoms with E-state index in [4.69, 9.17) is 0 Å². The highest BCUT2D eigenvalue weighted by Gasteiger charge is 2.40. The van der Waals surface area contributed by atoms with Gasteiger partial charge in [-0.25, -0.2) is 0 Å². The van der Waals surface area contributed by atoms with E-state index in [1.807, 2.05) is 26.0 Å². The first-order valence-electron chi connectivity index (χ1n) is 7.71. The minimum atomic E-state index is -0.651. The van der Waals surface area contributed by atoms with E-state index < -0.39 is 11.4 Å². The Labute approximate surface area is 126 Å². The van der Waals surface area contributed by atoms with Crippen molar-refractivity contribution in [2.24, 2.45) is 5.41 Å². The molecule has 1 aliphatic rings. The second-order valence-electron chi connectivity index (χ2n) is 6.24. The summed E-state index contributed by atoms with van der Waals surface area (Å²) in [4.78, 5) is 13.8. The molecule has 116 valence electrons. The summed E-state index contributed by atoms with van der Waals surface area (Å²) in [5, 5.41) is 19.4. The number of phenolic OH excluding ortho intramolecular Hbond substituents is 1. The van der Waals surface area contributed by atoms with E-state index in [0.717, 1.165) is 37.1 Å². The number of hydrogen-bond acceptors (Lipinski definition) is 3. The number of aryl methyl sites for hydroxylation is 1. The number of hydrogen-bond donors (Lipinski definition) is 2. The molecular formula is C17H25NO3. The van der Waals surface area contributed by atoms with Gasteiger partial charge < -0.3 is 10.2 Å². The molecule has 0 amide bonds. The van der Waals surface area contributed by atoms with Crippen LogP contribution >= 0.6 is 0 Å². The zero-order valence-corrected chi connectivity index (χ0v) is 12.9. The van der Waals surface area contributed by atoms with Gasteiger partial charge in [0, 0.05) is 12.1 Å². The molecule has 0 bridgehead atoms. The van der Waals surface area contributed by atoms with E-state index in [-0.39, 0.29) is 0 Å². The zero-order chi connectivity index (χ0) is 15.5. The van der Waals surface area contributed by atoms with Gasteiger partial charge in [0.25, 0.3) is 0 Å². The predicted octanol–water partition coefficient (Wildman–Crippen LogP) is 3.17. The largest absolute Gasteiger partial charge is 0.508 e. The van der Waals surface area contributed by atoms with E-state index in [2.05, 4.69) is 4.90 Å². The normalized spacial score (nSPS) is 18.6. The van der Waals surface area contributed by atoms with Gasteiger partial charge in [-0.15, -0.1) is 0 Å². The third-order valence-corrected chi connectivity index (χ3v) is 4.62. The quantitative estimate of drug-likeness (QED) is 0.874. The summed E-state index contributed by atoms with van der Waals surface area (Å²) in [5.41, 5.74) is 1.51. The van der Waals surface area contributed by atoms with Crippen molar-refractivity contribution in [3.05, 3.63) is 29.3 Å². The van der Waals surface area contributed by atoms with E-state index in [0.29, 0.717) is 25.1 Å². The number of aromatic hydroxyl groups is 1. The SMILES string of the molecule is CCCC1(C(=O)O)CCN(Cc2cc(C)ccc2O)CC1. The molecule has 21 heavy (non-hydrogen) atoms. The Hall–Kier alpha value is -1.55. The lowest BCUT2D eigenvalue weighted by Gasteiger charge is -2.39. The zero-order valence-electron chi connectivity index (χ0n) is 12.9. The Morgan fingerprint density at radius 3 is 2.57 bits per heavy atom. The molecule has 1 aromatic rings. The highest BCUT2D eigenvalue weighted by Crippen LogP contribution is 2.37. The van der Waals surface area contributed by atoms with Crippen LogP contribution in [0.15, 0.2) is 18.2 Å². The van der Waals surface area contributed by atoms with Crippen LogP contribution in [0.2, 0.25) is 0 Å². The number of likely N-dealkylation sites (tertiary alicyclic amines) is 1. The molecule has 0 spiro atoms. The number of phenols is 1. The average molecular weight is 291 g/mol. The number of rotatable bonds is 5. The van der Waals surface area contributed by atoms with Crippen molar-refractivity contribution in [1.82, 2.24) is 4.90 Å². The summed E-state index contributed by atoms with van der Waals surface area (Å²) >= 11 is 0. The molecule has 1 saturated heterocycles. The number of aliphatic carboxylic acids is 1. The molecule has 1 heterocycles. The van der Waals surface area contributed by atoms with E-state index in [1.165, 1.54) is 0 Å². The highest BCUT2D eigenvalue weighted by molar-refractivity contribution is 5.74. The number of carbonyl (C=O) groups is 1. The standard InChI is InChI=1S/C17H25NO3/c1-3-6-17(16(20)21)7-9-18(10-8-17)12-14-11-13(2)4-5-15(14)19/h4-5,11,19H,3,6-10,12H2,1-2H3,(H,20,21). The van der Waals surface area contributed by atoms with Gasteiger partial charge in [0.15, 0.2) is 0 Å². The van der Waals surface area contributed by atoms with Crippen LogP contribution in [-0.4, -0.2) is 34.2 Å². The van der Waals surface area contributed by atoms with Crippen molar-refractivity contribution in [1.29, 1.82) is 0 Å². The van der Waals surface area contributed by atoms with Gasteiger partial charge in [-0.05, 0) is 45.3 Å². The molecule has 0 radical (unpaired) electrons. The lowest BCUT2D eigenvalue weighted by Crippen LogP contribution is -2.44. The molecule has 0 atom stereocenters. The van der Waals surface area contributed by atoms with Crippen LogP contribution in [0.3, 0.4) is 0 Å². The van der Waals surface area contributed by atoms with E-state index in [1.54, 1.807) is 6.07 Å². The average Bonchev–Trinajstić information content (AvgIpc) is 2.45. The van der Waals surface area contributed by atoms with Crippen LogP contribution in [0.4, 0.5) is 0 Å². The smallest absolute Gasteiger partial charge is 0.309 e. The molecule has 1 aromatic carbocycles. The predicted molar refractivity (Wildman–Crippen MR) is 82.3 cm³/mol. The Morgan fingerprint density at radius 1 is 1.33 bits per heavy atom. The first-order valence-corrected chi connectivity index (χ1v) is 7.71. The topological polar surface area (TPSA) is 60.8 Å². The van der Waals surface area contributed by atoms with Gasteiger partial charge in [0.1, 0.15) is 5.75 Å². The van der Waals surface area contributed by atoms with Crippen LogP contribution in [0.1, 0.15) is 43.7 Å². The third-order valence-electron chi connectivity index (χ3n) is 4.62. The van der Waals surface area contributed by atoms with Crippen LogP contribution in [0, 0.1) is 12.3 Å². The lowest BCUT2D eigenvalue weighted by atomic mass is 9.75. The fourth-order valence-electron chi connectivity index (χ4n) is 3.27. The maximum absolute atomic E-state index is 11.6. The van der Waals surface area contributed by atoms with Crippen molar-refractivity contribution in [2.75, 3.05) is 13.1 Å².